The lowest BCUT2D eigenvalue weighted by atomic mass is 10.0. The van der Waals surface area contributed by atoms with Crippen molar-refractivity contribution in [2.24, 2.45) is 0 Å². The van der Waals surface area contributed by atoms with E-state index in [1.165, 1.54) is 28.9 Å². The highest BCUT2D eigenvalue weighted by atomic mass is 32.1. The third kappa shape index (κ3) is 4.30. The molecule has 1 N–H and O–H groups in total. The maximum atomic E-state index is 14.4. The topological polar surface area (TPSA) is 90.0 Å². The Bertz CT molecular complexity index is 2040. The third-order valence-electron chi connectivity index (χ3n) is 6.73. The Kier molecular flexibility index (Phi) is 5.95. The summed E-state index contributed by atoms with van der Waals surface area (Å²) in [6.07, 6.45) is -4.51. The molecule has 0 spiro atoms. The van der Waals surface area contributed by atoms with Gasteiger partial charge in [-0.05, 0) is 49.4 Å². The number of rotatable bonds is 5. The van der Waals surface area contributed by atoms with Gasteiger partial charge in [0.1, 0.15) is 23.1 Å². The maximum absolute atomic E-state index is 14.4. The van der Waals surface area contributed by atoms with E-state index >= 15 is 0 Å². The van der Waals surface area contributed by atoms with Gasteiger partial charge in [0.05, 0.1) is 27.7 Å². The first-order valence-electron chi connectivity index (χ1n) is 12.0. The monoisotopic (exact) mass is 566 g/mol. The van der Waals surface area contributed by atoms with E-state index in [1.54, 1.807) is 35.8 Å². The number of aliphatic carboxylic acids is 1. The lowest BCUT2D eigenvalue weighted by Crippen LogP contribution is -2.24. The van der Waals surface area contributed by atoms with E-state index in [2.05, 4.69) is 10.1 Å². The fraction of sp³-hybridized carbons (Fsp3) is 0.143. The van der Waals surface area contributed by atoms with Crippen LogP contribution in [0.4, 0.5) is 17.6 Å². The molecule has 7 nitrogen and oxygen atoms in total. The number of alkyl halides is 3. The molecule has 0 atom stereocenters. The molecule has 0 radical (unpaired) electrons. The van der Waals surface area contributed by atoms with Crippen LogP contribution in [0.15, 0.2) is 65.5 Å². The average molecular weight is 567 g/mol. The third-order valence-corrected chi connectivity index (χ3v) is 7.75. The van der Waals surface area contributed by atoms with Gasteiger partial charge in [0.15, 0.2) is 0 Å². The summed E-state index contributed by atoms with van der Waals surface area (Å²) < 4.78 is 57.2. The SMILES string of the molecule is Cc1c(-c2nn(Cc3nc4cc(C(F)(F)F)ccc4s3)c(=O)c3ccccc23)c2cc(F)ccc2n1CC(=O)O. The average Bonchev–Trinajstić information content (AvgIpc) is 3.42. The highest BCUT2D eigenvalue weighted by molar-refractivity contribution is 7.18. The van der Waals surface area contributed by atoms with Crippen molar-refractivity contribution in [3.63, 3.8) is 0 Å². The number of carbonyl (C=O) groups is 1. The van der Waals surface area contributed by atoms with E-state index in [-0.39, 0.29) is 18.6 Å². The van der Waals surface area contributed by atoms with E-state index in [4.69, 9.17) is 0 Å². The molecular formula is C28H18F4N4O3S. The minimum absolute atomic E-state index is 0.113. The van der Waals surface area contributed by atoms with Gasteiger partial charge in [-0.1, -0.05) is 18.2 Å². The van der Waals surface area contributed by atoms with E-state index < -0.39 is 29.1 Å². The van der Waals surface area contributed by atoms with Crippen LogP contribution in [0.5, 0.6) is 0 Å². The first-order chi connectivity index (χ1) is 19.0. The largest absolute Gasteiger partial charge is 0.480 e. The van der Waals surface area contributed by atoms with Crippen LogP contribution in [0.3, 0.4) is 0 Å². The Morgan fingerprint density at radius 1 is 1.02 bits per heavy atom. The fourth-order valence-electron chi connectivity index (χ4n) is 4.97. The molecule has 0 aliphatic carbocycles. The number of hydrogen-bond acceptors (Lipinski definition) is 5. The number of halogens is 4. The molecule has 0 unspecified atom stereocenters. The van der Waals surface area contributed by atoms with Gasteiger partial charge in [-0.3, -0.25) is 9.59 Å². The van der Waals surface area contributed by atoms with Gasteiger partial charge in [-0.15, -0.1) is 11.3 Å². The van der Waals surface area contributed by atoms with Crippen LogP contribution in [-0.4, -0.2) is 30.4 Å². The number of thiazole rings is 1. The van der Waals surface area contributed by atoms with Crippen molar-refractivity contribution in [2.75, 3.05) is 0 Å². The molecule has 0 bridgehead atoms. The summed E-state index contributed by atoms with van der Waals surface area (Å²) in [5, 5.41) is 15.8. The van der Waals surface area contributed by atoms with Crippen LogP contribution in [0.25, 0.3) is 43.1 Å². The molecule has 0 aliphatic heterocycles. The summed E-state index contributed by atoms with van der Waals surface area (Å²) in [6.45, 7) is 1.23. The van der Waals surface area contributed by atoms with Crippen molar-refractivity contribution < 1.29 is 27.5 Å². The molecule has 6 rings (SSSR count). The van der Waals surface area contributed by atoms with Gasteiger partial charge >= 0.3 is 12.1 Å². The zero-order chi connectivity index (χ0) is 28.3. The highest BCUT2D eigenvalue weighted by Gasteiger charge is 2.31. The van der Waals surface area contributed by atoms with Gasteiger partial charge in [0.25, 0.3) is 5.56 Å². The molecule has 6 aromatic rings. The Morgan fingerprint density at radius 3 is 2.50 bits per heavy atom. The normalized spacial score (nSPS) is 12.1. The van der Waals surface area contributed by atoms with Crippen LogP contribution in [0, 0.1) is 12.7 Å². The number of fused-ring (bicyclic) bond motifs is 3. The number of nitrogens with zero attached hydrogens (tertiary/aromatic N) is 4. The minimum Gasteiger partial charge on any atom is -0.480 e. The fourth-order valence-corrected chi connectivity index (χ4v) is 5.90. The van der Waals surface area contributed by atoms with Crippen molar-refractivity contribution in [3.8, 4) is 11.3 Å². The molecule has 0 amide bonds. The van der Waals surface area contributed by atoms with E-state index in [1.807, 2.05) is 0 Å². The molecule has 12 heteroatoms. The summed E-state index contributed by atoms with van der Waals surface area (Å²) in [4.78, 5) is 29.4. The van der Waals surface area contributed by atoms with Crippen molar-refractivity contribution in [1.82, 2.24) is 19.3 Å². The lowest BCUT2D eigenvalue weighted by Gasteiger charge is -2.11. The second kappa shape index (κ2) is 9.26. The number of aromatic nitrogens is 4. The Labute approximate surface area is 226 Å². The van der Waals surface area contributed by atoms with E-state index in [9.17, 15) is 32.3 Å². The molecular weight excluding hydrogens is 548 g/mol. The lowest BCUT2D eigenvalue weighted by molar-refractivity contribution is -0.138. The minimum atomic E-state index is -4.51. The summed E-state index contributed by atoms with van der Waals surface area (Å²) in [7, 11) is 0. The van der Waals surface area contributed by atoms with E-state index in [0.717, 1.165) is 23.5 Å². The Balaban J connectivity index is 1.56. The number of benzene rings is 3. The van der Waals surface area contributed by atoms with Crippen LogP contribution in [-0.2, 0) is 24.1 Å². The van der Waals surface area contributed by atoms with Gasteiger partial charge in [0, 0.05) is 27.5 Å². The van der Waals surface area contributed by atoms with Crippen molar-refractivity contribution in [2.45, 2.75) is 26.2 Å². The summed E-state index contributed by atoms with van der Waals surface area (Å²) >= 11 is 1.15. The molecule has 0 aliphatic rings. The quantitative estimate of drug-likeness (QED) is 0.250. The van der Waals surface area contributed by atoms with Crippen LogP contribution >= 0.6 is 11.3 Å². The molecule has 0 saturated carbocycles. The second-order valence-electron chi connectivity index (χ2n) is 9.25. The second-order valence-corrected chi connectivity index (χ2v) is 10.4. The summed E-state index contributed by atoms with van der Waals surface area (Å²) in [5.41, 5.74) is 0.727. The van der Waals surface area contributed by atoms with Gasteiger partial charge < -0.3 is 9.67 Å². The molecule has 202 valence electrons. The Hall–Kier alpha value is -4.58. The van der Waals surface area contributed by atoms with E-state index in [0.29, 0.717) is 48.3 Å². The Morgan fingerprint density at radius 2 is 1.77 bits per heavy atom. The number of carboxylic acid groups (broad SMARTS) is 1. The highest BCUT2D eigenvalue weighted by Crippen LogP contribution is 2.37. The maximum Gasteiger partial charge on any atom is 0.416 e. The van der Waals surface area contributed by atoms with Gasteiger partial charge in [-0.25, -0.2) is 14.1 Å². The van der Waals surface area contributed by atoms with Crippen LogP contribution < -0.4 is 5.56 Å². The predicted molar refractivity (Wildman–Crippen MR) is 143 cm³/mol. The summed E-state index contributed by atoms with van der Waals surface area (Å²) in [6, 6.07) is 14.1. The number of carboxylic acids is 1. The van der Waals surface area contributed by atoms with Gasteiger partial charge in [-0.2, -0.15) is 18.3 Å². The molecule has 3 aromatic carbocycles. The van der Waals surface area contributed by atoms with Crippen LogP contribution in [0.2, 0.25) is 0 Å². The molecule has 40 heavy (non-hydrogen) atoms. The zero-order valence-corrected chi connectivity index (χ0v) is 21.5. The first-order valence-corrected chi connectivity index (χ1v) is 12.8. The standard InChI is InChI=1S/C28H18F4N4O3S/c1-14-25(19-11-16(29)7-8-21(19)35(14)13-24(37)38)26-17-4-2-3-5-18(17)27(39)36(34-26)12-23-33-20-10-15(28(30,31)32)6-9-22(20)40-23/h2-11H,12-13H2,1H3,(H,37,38). The van der Waals surface area contributed by atoms with Crippen molar-refractivity contribution >= 4 is 49.2 Å². The van der Waals surface area contributed by atoms with Crippen LogP contribution in [0.1, 0.15) is 16.3 Å². The predicted octanol–water partition coefficient (Wildman–Crippen LogP) is 6.23. The molecule has 0 saturated heterocycles. The smallest absolute Gasteiger partial charge is 0.416 e. The molecule has 3 heterocycles. The van der Waals surface area contributed by atoms with Gasteiger partial charge in [0.2, 0.25) is 0 Å². The molecule has 3 aromatic heterocycles. The summed E-state index contributed by atoms with van der Waals surface area (Å²) in [5.74, 6) is -1.60. The van der Waals surface area contributed by atoms with Crippen molar-refractivity contribution in [1.29, 1.82) is 0 Å². The number of hydrogen-bond donors (Lipinski definition) is 1. The van der Waals surface area contributed by atoms with Crippen molar-refractivity contribution in [3.05, 3.63) is 93.1 Å². The zero-order valence-electron chi connectivity index (χ0n) is 20.7. The first kappa shape index (κ1) is 25.7. The molecule has 0 fully saturated rings.